The molecule has 1 atom stereocenters. The monoisotopic (exact) mass is 323 g/mol. The first kappa shape index (κ1) is 22.8. The molecule has 0 fully saturated rings. The van der Waals surface area contributed by atoms with Gasteiger partial charge in [0.2, 0.25) is 0 Å². The Morgan fingerprint density at radius 1 is 1.14 bits per heavy atom. The molecule has 0 rings (SSSR count). The van der Waals surface area contributed by atoms with Gasteiger partial charge in [0, 0.05) is 20.3 Å². The highest BCUT2D eigenvalue weighted by Gasteiger charge is 2.30. The molecule has 130 valence electrons. The second kappa shape index (κ2) is 10.3. The summed E-state index contributed by atoms with van der Waals surface area (Å²) < 4.78 is 33.4. The van der Waals surface area contributed by atoms with E-state index in [1.807, 2.05) is 13.8 Å². The Bertz CT molecular complexity index is 387. The minimum Gasteiger partial charge on any atom is -0.456 e. The molecule has 0 aromatic rings. The van der Waals surface area contributed by atoms with Crippen molar-refractivity contribution in [2.75, 3.05) is 14.1 Å². The molecule has 0 amide bonds. The first-order valence-electron chi connectivity index (χ1n) is 7.03. The van der Waals surface area contributed by atoms with E-state index in [1.165, 1.54) is 11.1 Å². The zero-order chi connectivity index (χ0) is 18.1. The lowest BCUT2D eigenvalue weighted by Crippen LogP contribution is -2.33. The first-order valence-corrected chi connectivity index (χ1v) is 7.03. The van der Waals surface area contributed by atoms with Crippen LogP contribution in [-0.4, -0.2) is 49.1 Å². The zero-order valence-electron chi connectivity index (χ0n) is 14.6. The van der Waals surface area contributed by atoms with Crippen LogP contribution in [0, 0.1) is 0 Å². The van der Waals surface area contributed by atoms with Gasteiger partial charge in [-0.3, -0.25) is 4.79 Å². The van der Waals surface area contributed by atoms with Gasteiger partial charge in [-0.25, -0.2) is 4.79 Å². The summed E-state index contributed by atoms with van der Waals surface area (Å²) in [7, 11) is 3.19. The quantitative estimate of drug-likeness (QED) is 0.325. The minimum absolute atomic E-state index is 0.335. The summed E-state index contributed by atoms with van der Waals surface area (Å²) >= 11 is 0. The fourth-order valence-electron chi connectivity index (χ4n) is 1.24. The molecule has 0 radical (unpaired) electrons. The Hall–Kier alpha value is -1.50. The maximum absolute atomic E-state index is 12.1. The van der Waals surface area contributed by atoms with E-state index in [9.17, 15) is 18.4 Å². The largest absolute Gasteiger partial charge is 0.456 e. The standard InChI is InChI=1S/C13H21F2NO4.C2H6/c1-8(19-12(14)15)10(17)9(7-16(5)6)11(18)20-13(2,3)4;1-2/h7-8,12H,1-6H3;1-2H3/b9-7-;. The zero-order valence-corrected chi connectivity index (χ0v) is 14.6. The molecule has 0 aromatic carbocycles. The molecular weight excluding hydrogens is 296 g/mol. The van der Waals surface area contributed by atoms with Crippen molar-refractivity contribution in [3.63, 3.8) is 0 Å². The Morgan fingerprint density at radius 2 is 1.59 bits per heavy atom. The van der Waals surface area contributed by atoms with Crippen LogP contribution in [0.25, 0.3) is 0 Å². The lowest BCUT2D eigenvalue weighted by Gasteiger charge is -2.22. The Labute approximate surface area is 131 Å². The fraction of sp³-hybridized carbons (Fsp3) is 0.733. The van der Waals surface area contributed by atoms with Crippen molar-refractivity contribution >= 4 is 11.8 Å². The van der Waals surface area contributed by atoms with Crippen LogP contribution in [0.4, 0.5) is 8.78 Å². The van der Waals surface area contributed by atoms with E-state index in [0.717, 1.165) is 6.92 Å². The summed E-state index contributed by atoms with van der Waals surface area (Å²) in [6.07, 6.45) is -0.212. The Kier molecular flexibility index (Phi) is 10.6. The summed E-state index contributed by atoms with van der Waals surface area (Å²) in [6, 6.07) is 0. The summed E-state index contributed by atoms with van der Waals surface area (Å²) in [6.45, 7) is 6.99. The number of hydrogen-bond donors (Lipinski definition) is 0. The molecule has 0 aliphatic rings. The van der Waals surface area contributed by atoms with Gasteiger partial charge < -0.3 is 14.4 Å². The number of carbonyl (C=O) groups excluding carboxylic acids is 2. The number of carbonyl (C=O) groups is 2. The van der Waals surface area contributed by atoms with E-state index < -0.39 is 30.1 Å². The van der Waals surface area contributed by atoms with E-state index in [2.05, 4.69) is 4.74 Å². The van der Waals surface area contributed by atoms with Gasteiger partial charge in [0.15, 0.2) is 5.78 Å². The molecule has 0 heterocycles. The molecular formula is C15H27F2NO4. The van der Waals surface area contributed by atoms with Crippen LogP contribution in [0.5, 0.6) is 0 Å². The number of nitrogens with zero attached hydrogens (tertiary/aromatic N) is 1. The maximum atomic E-state index is 12.1. The number of ether oxygens (including phenoxy) is 2. The predicted molar refractivity (Wildman–Crippen MR) is 80.5 cm³/mol. The molecule has 5 nitrogen and oxygen atoms in total. The van der Waals surface area contributed by atoms with Gasteiger partial charge >= 0.3 is 12.6 Å². The number of esters is 1. The van der Waals surface area contributed by atoms with Crippen LogP contribution in [0.15, 0.2) is 11.8 Å². The van der Waals surface area contributed by atoms with Crippen LogP contribution >= 0.6 is 0 Å². The topological polar surface area (TPSA) is 55.8 Å². The highest BCUT2D eigenvalue weighted by Crippen LogP contribution is 2.15. The highest BCUT2D eigenvalue weighted by atomic mass is 19.3. The molecule has 7 heteroatoms. The summed E-state index contributed by atoms with van der Waals surface area (Å²) in [5.74, 6) is -1.73. The third-order valence-corrected chi connectivity index (χ3v) is 1.95. The van der Waals surface area contributed by atoms with Crippen molar-refractivity contribution in [1.82, 2.24) is 4.90 Å². The van der Waals surface area contributed by atoms with Crippen LogP contribution in [0.2, 0.25) is 0 Å². The predicted octanol–water partition coefficient (Wildman–Crippen LogP) is 3.00. The molecule has 0 aliphatic carbocycles. The van der Waals surface area contributed by atoms with Gasteiger partial charge in [-0.2, -0.15) is 8.78 Å². The molecule has 0 aromatic heterocycles. The number of halogens is 2. The number of Topliss-reactive ketones (excluding diaryl/α,β-unsaturated/α-hetero) is 1. The molecule has 0 aliphatic heterocycles. The van der Waals surface area contributed by atoms with E-state index in [4.69, 9.17) is 4.74 Å². The molecule has 0 saturated carbocycles. The SMILES string of the molecule is CC.CC(OC(F)F)C(=O)/C(=C/N(C)C)C(=O)OC(C)(C)C. The number of ketones is 1. The van der Waals surface area contributed by atoms with Gasteiger partial charge in [0.1, 0.15) is 17.3 Å². The van der Waals surface area contributed by atoms with Crippen molar-refractivity contribution < 1.29 is 27.8 Å². The van der Waals surface area contributed by atoms with Gasteiger partial charge in [-0.05, 0) is 27.7 Å². The van der Waals surface area contributed by atoms with Crippen molar-refractivity contribution in [2.45, 2.75) is 59.9 Å². The van der Waals surface area contributed by atoms with E-state index in [-0.39, 0.29) is 5.57 Å². The Balaban J connectivity index is 0. The molecule has 1 unspecified atom stereocenters. The van der Waals surface area contributed by atoms with E-state index in [0.29, 0.717) is 0 Å². The average Bonchev–Trinajstić information content (AvgIpc) is 2.34. The average molecular weight is 323 g/mol. The first-order chi connectivity index (χ1) is 9.94. The van der Waals surface area contributed by atoms with Crippen LogP contribution in [0.3, 0.4) is 0 Å². The summed E-state index contributed by atoms with van der Waals surface area (Å²) in [4.78, 5) is 25.4. The highest BCUT2D eigenvalue weighted by molar-refractivity contribution is 6.18. The second-order valence-corrected chi connectivity index (χ2v) is 5.41. The van der Waals surface area contributed by atoms with Gasteiger partial charge in [0.05, 0.1) is 0 Å². The number of alkyl halides is 2. The second-order valence-electron chi connectivity index (χ2n) is 5.41. The fourth-order valence-corrected chi connectivity index (χ4v) is 1.24. The molecule has 0 N–H and O–H groups in total. The summed E-state index contributed by atoms with van der Waals surface area (Å²) in [5, 5.41) is 0. The van der Waals surface area contributed by atoms with Crippen molar-refractivity contribution in [3.05, 3.63) is 11.8 Å². The van der Waals surface area contributed by atoms with Gasteiger partial charge in [0.25, 0.3) is 0 Å². The van der Waals surface area contributed by atoms with Gasteiger partial charge in [-0.15, -0.1) is 0 Å². The Morgan fingerprint density at radius 3 is 1.91 bits per heavy atom. The van der Waals surface area contributed by atoms with Crippen LogP contribution < -0.4 is 0 Å². The van der Waals surface area contributed by atoms with Crippen molar-refractivity contribution in [2.24, 2.45) is 0 Å². The van der Waals surface area contributed by atoms with E-state index in [1.54, 1.807) is 34.9 Å². The third kappa shape index (κ3) is 10.3. The maximum Gasteiger partial charge on any atom is 0.345 e. The summed E-state index contributed by atoms with van der Waals surface area (Å²) in [5.41, 5.74) is -1.13. The third-order valence-electron chi connectivity index (χ3n) is 1.95. The van der Waals surface area contributed by atoms with Crippen LogP contribution in [0.1, 0.15) is 41.5 Å². The van der Waals surface area contributed by atoms with Crippen molar-refractivity contribution in [1.29, 1.82) is 0 Å². The van der Waals surface area contributed by atoms with E-state index >= 15 is 0 Å². The lowest BCUT2D eigenvalue weighted by molar-refractivity contribution is -0.170. The molecule has 0 saturated heterocycles. The minimum atomic E-state index is -3.09. The normalized spacial score (nSPS) is 13.1. The molecule has 22 heavy (non-hydrogen) atoms. The molecule has 0 spiro atoms. The lowest BCUT2D eigenvalue weighted by atomic mass is 10.1. The molecule has 0 bridgehead atoms. The van der Waals surface area contributed by atoms with Crippen molar-refractivity contribution in [3.8, 4) is 0 Å². The van der Waals surface area contributed by atoms with Gasteiger partial charge in [-0.1, -0.05) is 13.8 Å². The number of rotatable bonds is 6. The van der Waals surface area contributed by atoms with Crippen LogP contribution in [-0.2, 0) is 19.1 Å². The number of hydrogen-bond acceptors (Lipinski definition) is 5. The smallest absolute Gasteiger partial charge is 0.345 e.